The van der Waals surface area contributed by atoms with Gasteiger partial charge in [-0.25, -0.2) is 0 Å². The molecule has 2 rings (SSSR count). The standard InChI is InChI=1S/C18H19ClN2O2/c1-2-13-7-4-6-10-16(13)21-18(23)17(22)20-12-11-14-8-3-5-9-15(14)19/h3-10H,2,11-12H2,1H3,(H,20,22)(H,21,23). The van der Waals surface area contributed by atoms with Gasteiger partial charge in [0, 0.05) is 17.3 Å². The Balaban J connectivity index is 1.86. The summed E-state index contributed by atoms with van der Waals surface area (Å²) in [5.41, 5.74) is 2.59. The second-order valence-electron chi connectivity index (χ2n) is 5.06. The summed E-state index contributed by atoms with van der Waals surface area (Å²) in [6.07, 6.45) is 1.36. The largest absolute Gasteiger partial charge is 0.347 e. The Labute approximate surface area is 140 Å². The molecule has 120 valence electrons. The van der Waals surface area contributed by atoms with Crippen molar-refractivity contribution in [3.05, 3.63) is 64.7 Å². The van der Waals surface area contributed by atoms with Gasteiger partial charge < -0.3 is 10.6 Å². The molecule has 4 nitrogen and oxygen atoms in total. The second kappa shape index (κ2) is 8.34. The Morgan fingerprint density at radius 3 is 2.30 bits per heavy atom. The van der Waals surface area contributed by atoms with Crippen molar-refractivity contribution in [2.45, 2.75) is 19.8 Å². The smallest absolute Gasteiger partial charge is 0.313 e. The fraction of sp³-hybridized carbons (Fsp3) is 0.222. The number of rotatable bonds is 5. The summed E-state index contributed by atoms with van der Waals surface area (Å²) >= 11 is 6.05. The van der Waals surface area contributed by atoms with Gasteiger partial charge in [0.1, 0.15) is 0 Å². The molecule has 0 unspecified atom stereocenters. The van der Waals surface area contributed by atoms with E-state index in [1.165, 1.54) is 0 Å². The minimum absolute atomic E-state index is 0.353. The maximum atomic E-state index is 11.9. The summed E-state index contributed by atoms with van der Waals surface area (Å²) in [6, 6.07) is 14.9. The van der Waals surface area contributed by atoms with Crippen LogP contribution in [0.15, 0.2) is 48.5 Å². The van der Waals surface area contributed by atoms with E-state index in [0.717, 1.165) is 17.5 Å². The van der Waals surface area contributed by atoms with Crippen LogP contribution in [0.25, 0.3) is 0 Å². The van der Waals surface area contributed by atoms with Gasteiger partial charge in [0.15, 0.2) is 0 Å². The van der Waals surface area contributed by atoms with Crippen molar-refractivity contribution in [3.63, 3.8) is 0 Å². The fourth-order valence-corrected chi connectivity index (χ4v) is 2.45. The summed E-state index contributed by atoms with van der Waals surface area (Å²) in [5.74, 6) is -1.31. The topological polar surface area (TPSA) is 58.2 Å². The normalized spacial score (nSPS) is 10.2. The van der Waals surface area contributed by atoms with Gasteiger partial charge in [0.25, 0.3) is 0 Å². The maximum absolute atomic E-state index is 11.9. The zero-order chi connectivity index (χ0) is 16.7. The molecule has 0 heterocycles. The molecule has 0 aliphatic carbocycles. The third-order valence-corrected chi connectivity index (χ3v) is 3.86. The summed E-state index contributed by atoms with van der Waals surface area (Å²) in [5, 5.41) is 5.91. The van der Waals surface area contributed by atoms with Crippen LogP contribution in [0.1, 0.15) is 18.1 Å². The van der Waals surface area contributed by atoms with Crippen molar-refractivity contribution in [1.82, 2.24) is 5.32 Å². The van der Waals surface area contributed by atoms with Crippen molar-refractivity contribution >= 4 is 29.1 Å². The molecule has 0 spiro atoms. The molecule has 5 heteroatoms. The SMILES string of the molecule is CCc1ccccc1NC(=O)C(=O)NCCc1ccccc1Cl. The Hall–Kier alpha value is -2.33. The van der Waals surface area contributed by atoms with Gasteiger partial charge in [-0.1, -0.05) is 54.9 Å². The molecule has 0 fully saturated rings. The third kappa shape index (κ3) is 4.83. The Bertz CT molecular complexity index is 701. The molecular weight excluding hydrogens is 312 g/mol. The number of hydrogen-bond acceptors (Lipinski definition) is 2. The number of benzene rings is 2. The molecule has 0 bridgehead atoms. The first-order chi connectivity index (χ1) is 11.1. The summed E-state index contributed by atoms with van der Waals surface area (Å²) in [4.78, 5) is 23.8. The average molecular weight is 331 g/mol. The Morgan fingerprint density at radius 2 is 1.61 bits per heavy atom. The van der Waals surface area contributed by atoms with Crippen molar-refractivity contribution in [1.29, 1.82) is 0 Å². The summed E-state index contributed by atoms with van der Waals surface area (Å²) in [7, 11) is 0. The lowest BCUT2D eigenvalue weighted by molar-refractivity contribution is -0.136. The number of nitrogens with one attached hydrogen (secondary N) is 2. The zero-order valence-electron chi connectivity index (χ0n) is 12.9. The fourth-order valence-electron chi connectivity index (χ4n) is 2.22. The van der Waals surface area contributed by atoms with Crippen LogP contribution in [0, 0.1) is 0 Å². The van der Waals surface area contributed by atoms with Crippen LogP contribution in [-0.4, -0.2) is 18.4 Å². The number of aryl methyl sites for hydroxylation is 1. The van der Waals surface area contributed by atoms with Gasteiger partial charge in [-0.15, -0.1) is 0 Å². The lowest BCUT2D eigenvalue weighted by Gasteiger charge is -2.10. The second-order valence-corrected chi connectivity index (χ2v) is 5.47. The van der Waals surface area contributed by atoms with Crippen molar-refractivity contribution in [3.8, 4) is 0 Å². The molecule has 2 aromatic carbocycles. The lowest BCUT2D eigenvalue weighted by atomic mass is 10.1. The number of hydrogen-bond donors (Lipinski definition) is 2. The number of carbonyl (C=O) groups excluding carboxylic acids is 2. The number of carbonyl (C=O) groups is 2. The van der Waals surface area contributed by atoms with Gasteiger partial charge in [0.2, 0.25) is 0 Å². The molecule has 23 heavy (non-hydrogen) atoms. The molecule has 0 saturated heterocycles. The Morgan fingerprint density at radius 1 is 0.957 bits per heavy atom. The van der Waals surface area contributed by atoms with Crippen LogP contribution in [0.4, 0.5) is 5.69 Å². The molecule has 0 aromatic heterocycles. The number of halogens is 1. The van der Waals surface area contributed by atoms with E-state index in [1.807, 2.05) is 43.3 Å². The molecule has 0 radical (unpaired) electrons. The quantitative estimate of drug-likeness (QED) is 0.827. The minimum atomic E-state index is -0.662. The van der Waals surface area contributed by atoms with Gasteiger partial charge in [-0.3, -0.25) is 9.59 Å². The monoisotopic (exact) mass is 330 g/mol. The molecule has 2 amide bonds. The van der Waals surface area contributed by atoms with Crippen molar-refractivity contribution < 1.29 is 9.59 Å². The molecule has 0 aliphatic rings. The highest BCUT2D eigenvalue weighted by Crippen LogP contribution is 2.16. The first-order valence-corrected chi connectivity index (χ1v) is 7.90. The van der Waals surface area contributed by atoms with E-state index in [4.69, 9.17) is 11.6 Å². The first kappa shape index (κ1) is 17.0. The predicted molar refractivity (Wildman–Crippen MR) is 92.6 cm³/mol. The van der Waals surface area contributed by atoms with E-state index < -0.39 is 11.8 Å². The van der Waals surface area contributed by atoms with E-state index >= 15 is 0 Å². The van der Waals surface area contributed by atoms with Crippen molar-refractivity contribution in [2.24, 2.45) is 0 Å². The van der Waals surface area contributed by atoms with Gasteiger partial charge >= 0.3 is 11.8 Å². The van der Waals surface area contributed by atoms with E-state index in [9.17, 15) is 9.59 Å². The Kier molecular flexibility index (Phi) is 6.18. The number of amides is 2. The van der Waals surface area contributed by atoms with Crippen LogP contribution in [0.2, 0.25) is 5.02 Å². The van der Waals surface area contributed by atoms with Crippen LogP contribution >= 0.6 is 11.6 Å². The highest BCUT2D eigenvalue weighted by atomic mass is 35.5. The van der Waals surface area contributed by atoms with E-state index in [-0.39, 0.29) is 0 Å². The summed E-state index contributed by atoms with van der Waals surface area (Å²) in [6.45, 7) is 2.35. The van der Waals surface area contributed by atoms with Crippen LogP contribution in [0.3, 0.4) is 0 Å². The predicted octanol–water partition coefficient (Wildman–Crippen LogP) is 3.20. The molecule has 0 saturated carbocycles. The molecule has 0 aliphatic heterocycles. The van der Waals surface area contributed by atoms with Crippen LogP contribution in [0.5, 0.6) is 0 Å². The number of para-hydroxylation sites is 1. The van der Waals surface area contributed by atoms with Gasteiger partial charge in [-0.2, -0.15) is 0 Å². The van der Waals surface area contributed by atoms with Crippen molar-refractivity contribution in [2.75, 3.05) is 11.9 Å². The van der Waals surface area contributed by atoms with Crippen LogP contribution < -0.4 is 10.6 Å². The van der Waals surface area contributed by atoms with Crippen LogP contribution in [-0.2, 0) is 22.4 Å². The highest BCUT2D eigenvalue weighted by molar-refractivity contribution is 6.39. The molecule has 2 aromatic rings. The minimum Gasteiger partial charge on any atom is -0.347 e. The third-order valence-electron chi connectivity index (χ3n) is 3.49. The first-order valence-electron chi connectivity index (χ1n) is 7.52. The maximum Gasteiger partial charge on any atom is 0.313 e. The van der Waals surface area contributed by atoms with E-state index in [2.05, 4.69) is 10.6 Å². The van der Waals surface area contributed by atoms with Gasteiger partial charge in [0.05, 0.1) is 0 Å². The zero-order valence-corrected chi connectivity index (χ0v) is 13.7. The average Bonchev–Trinajstić information content (AvgIpc) is 2.57. The highest BCUT2D eigenvalue weighted by Gasteiger charge is 2.14. The molecule has 2 N–H and O–H groups in total. The summed E-state index contributed by atoms with van der Waals surface area (Å²) < 4.78 is 0. The van der Waals surface area contributed by atoms with E-state index in [0.29, 0.717) is 23.7 Å². The molecular formula is C18H19ClN2O2. The van der Waals surface area contributed by atoms with E-state index in [1.54, 1.807) is 12.1 Å². The lowest BCUT2D eigenvalue weighted by Crippen LogP contribution is -2.36. The van der Waals surface area contributed by atoms with Gasteiger partial charge in [-0.05, 0) is 36.1 Å². The molecule has 0 atom stereocenters. The number of anilines is 1.